The van der Waals surface area contributed by atoms with E-state index in [4.69, 9.17) is 4.74 Å². The Bertz CT molecular complexity index is 1130. The van der Waals surface area contributed by atoms with Gasteiger partial charge in [0.2, 0.25) is 0 Å². The number of rotatable bonds is 6. The van der Waals surface area contributed by atoms with Crippen LogP contribution in [0.5, 0.6) is 5.75 Å². The topological polar surface area (TPSA) is 105 Å². The molecule has 3 heterocycles. The Balaban J connectivity index is 1.43. The molecule has 9 nitrogen and oxygen atoms in total. The first-order valence-electron chi connectivity index (χ1n) is 10.7. The number of hydrogen-bond acceptors (Lipinski definition) is 6. The number of nitro groups is 1. The molecule has 0 radical (unpaired) electrons. The van der Waals surface area contributed by atoms with Gasteiger partial charge in [-0.25, -0.2) is 4.98 Å². The average molecular weight is 438 g/mol. The van der Waals surface area contributed by atoms with Gasteiger partial charge in [-0.15, -0.1) is 0 Å². The number of piperidine rings is 1. The zero-order valence-electron chi connectivity index (χ0n) is 18.4. The van der Waals surface area contributed by atoms with Crippen LogP contribution < -0.4 is 9.64 Å². The van der Waals surface area contributed by atoms with Crippen LogP contribution in [0.4, 0.5) is 11.5 Å². The highest BCUT2D eigenvalue weighted by Gasteiger charge is 2.28. The number of nitrogens with one attached hydrogen (secondary N) is 1. The van der Waals surface area contributed by atoms with Crippen molar-refractivity contribution in [2.45, 2.75) is 38.8 Å². The number of aromatic amines is 1. The van der Waals surface area contributed by atoms with E-state index in [1.807, 2.05) is 37.9 Å². The van der Waals surface area contributed by atoms with E-state index in [0.29, 0.717) is 29.7 Å². The van der Waals surface area contributed by atoms with Crippen molar-refractivity contribution in [2.75, 3.05) is 25.0 Å². The predicted molar refractivity (Wildman–Crippen MR) is 122 cm³/mol. The zero-order chi connectivity index (χ0) is 22.8. The quantitative estimate of drug-likeness (QED) is 0.462. The van der Waals surface area contributed by atoms with Crippen LogP contribution in [0.15, 0.2) is 42.6 Å². The number of likely N-dealkylation sites (tertiary alicyclic amines) is 1. The van der Waals surface area contributed by atoms with Crippen molar-refractivity contribution in [3.8, 4) is 5.75 Å². The fraction of sp³-hybridized carbons (Fsp3) is 0.391. The lowest BCUT2D eigenvalue weighted by molar-refractivity contribution is -0.384. The molecule has 2 aromatic heterocycles. The molecule has 0 spiro atoms. The number of nitro benzene ring substituents is 1. The number of fused-ring (bicyclic) bond motifs is 1. The summed E-state index contributed by atoms with van der Waals surface area (Å²) in [5.41, 5.74) is 1.17. The number of carbonyl (C=O) groups is 1. The zero-order valence-corrected chi connectivity index (χ0v) is 18.4. The van der Waals surface area contributed by atoms with Gasteiger partial charge in [0, 0.05) is 55.4 Å². The van der Waals surface area contributed by atoms with Crippen molar-refractivity contribution in [1.82, 2.24) is 14.9 Å². The van der Waals surface area contributed by atoms with Crippen LogP contribution in [0, 0.1) is 10.1 Å². The number of non-ortho nitro benzene ring substituents is 1. The van der Waals surface area contributed by atoms with E-state index in [9.17, 15) is 14.9 Å². The Morgan fingerprint density at radius 1 is 1.28 bits per heavy atom. The molecule has 32 heavy (non-hydrogen) atoms. The summed E-state index contributed by atoms with van der Waals surface area (Å²) in [6.07, 6.45) is 3.44. The summed E-state index contributed by atoms with van der Waals surface area (Å²) in [5.74, 6) is 1.48. The van der Waals surface area contributed by atoms with Crippen LogP contribution in [0.25, 0.3) is 10.9 Å². The minimum atomic E-state index is -0.436. The smallest absolute Gasteiger partial charge is 0.270 e. The van der Waals surface area contributed by atoms with Gasteiger partial charge in [0.05, 0.1) is 11.0 Å². The van der Waals surface area contributed by atoms with Crippen LogP contribution in [0.3, 0.4) is 0 Å². The number of nitrogens with zero attached hydrogens (tertiary/aromatic N) is 4. The molecule has 0 saturated carbocycles. The molecule has 0 atom stereocenters. The first-order chi connectivity index (χ1) is 15.3. The van der Waals surface area contributed by atoms with Crippen molar-refractivity contribution in [2.24, 2.45) is 0 Å². The largest absolute Gasteiger partial charge is 0.487 e. The van der Waals surface area contributed by atoms with Gasteiger partial charge in [-0.1, -0.05) is 0 Å². The number of benzene rings is 1. The number of carbonyl (C=O) groups excluding carboxylic acids is 1. The van der Waals surface area contributed by atoms with E-state index in [-0.39, 0.29) is 23.7 Å². The molecule has 1 saturated heterocycles. The lowest BCUT2D eigenvalue weighted by Gasteiger charge is -2.37. The monoisotopic (exact) mass is 437 g/mol. The maximum Gasteiger partial charge on any atom is 0.270 e. The molecule has 168 valence electrons. The van der Waals surface area contributed by atoms with E-state index in [1.54, 1.807) is 18.3 Å². The maximum atomic E-state index is 13.0. The van der Waals surface area contributed by atoms with Gasteiger partial charge in [-0.05, 0) is 51.0 Å². The molecule has 1 aliphatic rings. The van der Waals surface area contributed by atoms with E-state index in [2.05, 4.69) is 14.9 Å². The summed E-state index contributed by atoms with van der Waals surface area (Å²) < 4.78 is 5.91. The molecule has 1 aromatic carbocycles. The van der Waals surface area contributed by atoms with Crippen molar-refractivity contribution < 1.29 is 14.5 Å². The van der Waals surface area contributed by atoms with Crippen LogP contribution in [-0.2, 0) is 0 Å². The van der Waals surface area contributed by atoms with Crippen molar-refractivity contribution in [1.29, 1.82) is 0 Å². The lowest BCUT2D eigenvalue weighted by atomic mass is 10.0. The third-order valence-electron chi connectivity index (χ3n) is 5.79. The fourth-order valence-corrected chi connectivity index (χ4v) is 4.14. The van der Waals surface area contributed by atoms with E-state index in [0.717, 1.165) is 24.4 Å². The SMILES string of the molecule is CC(C)Oc1cccnc1N(C)C1CCN(C(=O)c2cc3cc([N+](=O)[O-])ccc3[nH]2)CC1. The van der Waals surface area contributed by atoms with E-state index in [1.165, 1.54) is 12.1 Å². The summed E-state index contributed by atoms with van der Waals surface area (Å²) >= 11 is 0. The summed E-state index contributed by atoms with van der Waals surface area (Å²) in [5, 5.41) is 11.7. The molecular formula is C23H27N5O4. The Labute approximate surface area is 186 Å². The number of pyridine rings is 1. The van der Waals surface area contributed by atoms with E-state index >= 15 is 0 Å². The summed E-state index contributed by atoms with van der Waals surface area (Å²) in [6, 6.07) is 10.3. The van der Waals surface area contributed by atoms with E-state index < -0.39 is 4.92 Å². The minimum absolute atomic E-state index is 0.00897. The Kier molecular flexibility index (Phi) is 5.98. The Morgan fingerprint density at radius 3 is 2.72 bits per heavy atom. The van der Waals surface area contributed by atoms with Crippen LogP contribution in [0.2, 0.25) is 0 Å². The van der Waals surface area contributed by atoms with Crippen molar-refractivity contribution in [3.05, 3.63) is 58.4 Å². The van der Waals surface area contributed by atoms with Gasteiger partial charge in [0.1, 0.15) is 5.69 Å². The van der Waals surface area contributed by atoms with Crippen LogP contribution >= 0.6 is 0 Å². The summed E-state index contributed by atoms with van der Waals surface area (Å²) in [4.78, 5) is 35.2. The second kappa shape index (κ2) is 8.86. The maximum absolute atomic E-state index is 13.0. The predicted octanol–water partition coefficient (Wildman–Crippen LogP) is 4.00. The molecule has 4 rings (SSSR count). The molecule has 1 aliphatic heterocycles. The third-order valence-corrected chi connectivity index (χ3v) is 5.79. The summed E-state index contributed by atoms with van der Waals surface area (Å²) in [7, 11) is 2.02. The van der Waals surface area contributed by atoms with Gasteiger partial charge in [-0.3, -0.25) is 14.9 Å². The molecule has 9 heteroatoms. The van der Waals surface area contributed by atoms with Crippen molar-refractivity contribution in [3.63, 3.8) is 0 Å². The highest BCUT2D eigenvalue weighted by Crippen LogP contribution is 2.30. The van der Waals surface area contributed by atoms with Crippen molar-refractivity contribution >= 4 is 28.3 Å². The molecule has 1 fully saturated rings. The molecule has 0 unspecified atom stereocenters. The highest BCUT2D eigenvalue weighted by atomic mass is 16.6. The number of amides is 1. The molecule has 1 N–H and O–H groups in total. The molecule has 0 bridgehead atoms. The highest BCUT2D eigenvalue weighted by molar-refractivity contribution is 5.98. The van der Waals surface area contributed by atoms with Gasteiger partial charge in [0.25, 0.3) is 11.6 Å². The number of hydrogen-bond donors (Lipinski definition) is 1. The van der Waals surface area contributed by atoms with Gasteiger partial charge in [-0.2, -0.15) is 0 Å². The fourth-order valence-electron chi connectivity index (χ4n) is 4.14. The Hall–Kier alpha value is -3.62. The molecular weight excluding hydrogens is 410 g/mol. The second-order valence-electron chi connectivity index (χ2n) is 8.34. The first-order valence-corrected chi connectivity index (χ1v) is 10.7. The van der Waals surface area contributed by atoms with Gasteiger partial charge >= 0.3 is 0 Å². The standard InChI is InChI=1S/C23H27N5O4/c1-15(2)32-21-5-4-10-24-22(21)26(3)17-8-11-27(12-9-17)23(29)20-14-16-13-18(28(30)31)6-7-19(16)25-20/h4-7,10,13-15,17,25H,8-9,11-12H2,1-3H3. The molecule has 1 amide bonds. The van der Waals surface area contributed by atoms with Gasteiger partial charge in [0.15, 0.2) is 11.6 Å². The molecule has 3 aromatic rings. The normalized spacial score (nSPS) is 14.7. The number of H-pyrrole nitrogens is 1. The van der Waals surface area contributed by atoms with Crippen LogP contribution in [-0.4, -0.2) is 58.0 Å². The summed E-state index contributed by atoms with van der Waals surface area (Å²) in [6.45, 7) is 5.22. The third kappa shape index (κ3) is 4.37. The Morgan fingerprint density at radius 2 is 2.03 bits per heavy atom. The lowest BCUT2D eigenvalue weighted by Crippen LogP contribution is -2.46. The second-order valence-corrected chi connectivity index (χ2v) is 8.34. The number of ether oxygens (including phenoxy) is 1. The average Bonchev–Trinajstić information content (AvgIpc) is 3.21. The van der Waals surface area contributed by atoms with Gasteiger partial charge < -0.3 is 19.5 Å². The minimum Gasteiger partial charge on any atom is -0.487 e. The van der Waals surface area contributed by atoms with Crippen LogP contribution in [0.1, 0.15) is 37.2 Å². The number of aromatic nitrogens is 2. The first kappa shape index (κ1) is 21.6. The molecule has 0 aliphatic carbocycles. The number of anilines is 1.